The Morgan fingerprint density at radius 2 is 1.85 bits per heavy atom. The Kier molecular flexibility index (Phi) is 7.39. The van der Waals surface area contributed by atoms with Gasteiger partial charge in [-0.15, -0.1) is 0 Å². The summed E-state index contributed by atoms with van der Waals surface area (Å²) < 4.78 is 27.3. The van der Waals surface area contributed by atoms with Crippen molar-refractivity contribution in [3.05, 3.63) is 12.2 Å². The highest BCUT2D eigenvalue weighted by atomic mass is 32.2. The maximum Gasteiger partial charge on any atom is 0.330 e. The molecule has 0 aromatic rings. The summed E-state index contributed by atoms with van der Waals surface area (Å²) in [5.74, 6) is -1.29. The van der Waals surface area contributed by atoms with Gasteiger partial charge >= 0.3 is 5.97 Å². The van der Waals surface area contributed by atoms with E-state index in [4.69, 9.17) is 15.4 Å². The second kappa shape index (κ2) is 6.58. The molecule has 0 fully saturated rings. The Morgan fingerprint density at radius 3 is 1.85 bits per heavy atom. The Balaban J connectivity index is 0. The molecule has 4 N–H and O–H groups in total. The lowest BCUT2D eigenvalue weighted by Crippen LogP contribution is -2.13. The molecule has 0 bridgehead atoms. The zero-order valence-corrected chi connectivity index (χ0v) is 8.04. The molecule has 0 saturated heterocycles. The second-order valence-electron chi connectivity index (χ2n) is 2.16. The molecule has 0 saturated carbocycles. The highest BCUT2D eigenvalue weighted by Gasteiger charge is 1.98. The molecule has 0 aliphatic heterocycles. The van der Waals surface area contributed by atoms with E-state index in [0.29, 0.717) is 0 Å². The number of carboxylic acids is 1. The summed E-state index contributed by atoms with van der Waals surface area (Å²) in [6.07, 6.45) is 0. The molecule has 0 heterocycles. The molecule has 0 aliphatic rings. The van der Waals surface area contributed by atoms with E-state index in [1.165, 1.54) is 6.92 Å². The Morgan fingerprint density at radius 1 is 1.54 bits per heavy atom. The summed E-state index contributed by atoms with van der Waals surface area (Å²) in [5.41, 5.74) is 4.95. The number of nitrogens with two attached hydrogens (primary N) is 1. The van der Waals surface area contributed by atoms with Gasteiger partial charge in [-0.05, 0) is 6.92 Å². The molecule has 0 radical (unpaired) electrons. The molecule has 0 spiro atoms. The first-order valence-corrected chi connectivity index (χ1v) is 4.85. The fourth-order valence-corrected chi connectivity index (χ4v) is 0.447. The third-order valence-electron chi connectivity index (χ3n) is 0.741. The fourth-order valence-electron chi connectivity index (χ4n) is 0.149. The molecule has 13 heavy (non-hydrogen) atoms. The van der Waals surface area contributed by atoms with Gasteiger partial charge in [0.15, 0.2) is 0 Å². The Bertz CT molecular complexity index is 257. The van der Waals surface area contributed by atoms with Crippen LogP contribution >= 0.6 is 0 Å². The Labute approximate surface area is 76.8 Å². The third-order valence-corrected chi connectivity index (χ3v) is 1.49. The lowest BCUT2D eigenvalue weighted by molar-refractivity contribution is -0.132. The molecule has 0 aromatic carbocycles. The van der Waals surface area contributed by atoms with Gasteiger partial charge in [0.05, 0.1) is 5.75 Å². The lowest BCUT2D eigenvalue weighted by Gasteiger charge is -1.86. The van der Waals surface area contributed by atoms with Crippen LogP contribution in [0.2, 0.25) is 0 Å². The minimum absolute atomic E-state index is 0.0289. The number of hydrogen-bond acceptors (Lipinski definition) is 4. The zero-order valence-electron chi connectivity index (χ0n) is 7.23. The lowest BCUT2D eigenvalue weighted by atomic mass is 10.4. The smallest absolute Gasteiger partial charge is 0.330 e. The van der Waals surface area contributed by atoms with E-state index in [0.717, 1.165) is 0 Å². The summed E-state index contributed by atoms with van der Waals surface area (Å²) in [7, 11) is -3.80. The van der Waals surface area contributed by atoms with Crippen LogP contribution in [0.25, 0.3) is 0 Å². The summed E-state index contributed by atoms with van der Waals surface area (Å²) in [6, 6.07) is 0. The molecular weight excluding hydrogens is 198 g/mol. The van der Waals surface area contributed by atoms with E-state index in [1.807, 2.05) is 0 Å². The number of carboxylic acid groups (broad SMARTS) is 1. The van der Waals surface area contributed by atoms with Gasteiger partial charge in [-0.3, -0.25) is 4.55 Å². The van der Waals surface area contributed by atoms with Crippen molar-refractivity contribution in [2.45, 2.75) is 6.92 Å². The zero-order chi connectivity index (χ0) is 11.1. The van der Waals surface area contributed by atoms with E-state index in [1.54, 1.807) is 0 Å². The van der Waals surface area contributed by atoms with Gasteiger partial charge in [-0.2, -0.15) is 8.42 Å². The topological polar surface area (TPSA) is 118 Å². The van der Waals surface area contributed by atoms with Crippen molar-refractivity contribution in [2.24, 2.45) is 5.73 Å². The highest BCUT2D eigenvalue weighted by Crippen LogP contribution is 1.81. The first kappa shape index (κ1) is 14.6. The molecule has 78 valence electrons. The third kappa shape index (κ3) is 18.2. The maximum absolute atomic E-state index is 9.71. The van der Waals surface area contributed by atoms with Gasteiger partial charge in [0.2, 0.25) is 0 Å². The number of carbonyl (C=O) groups is 1. The molecule has 0 aromatic heterocycles. The predicted octanol–water partition coefficient (Wildman–Crippen LogP) is -0.520. The number of aliphatic carboxylic acids is 1. The standard InChI is InChI=1S/C4H6O2.C2H7NO3S/c1-3(2)4(5)6;3-1-2-7(4,5)6/h1H2,2H3,(H,5,6);1-3H2,(H,4,5,6). The minimum atomic E-state index is -3.80. The van der Waals surface area contributed by atoms with Gasteiger partial charge < -0.3 is 10.8 Å². The van der Waals surface area contributed by atoms with Crippen LogP contribution in [0.3, 0.4) is 0 Å². The van der Waals surface area contributed by atoms with Gasteiger partial charge in [0.1, 0.15) is 0 Å². The van der Waals surface area contributed by atoms with Crippen LogP contribution in [0.4, 0.5) is 0 Å². The summed E-state index contributed by atoms with van der Waals surface area (Å²) in [4.78, 5) is 9.60. The van der Waals surface area contributed by atoms with Crippen LogP contribution in [0.1, 0.15) is 6.92 Å². The SMILES string of the molecule is C=C(C)C(=O)O.NCCS(=O)(=O)O. The maximum atomic E-state index is 9.71. The Hall–Kier alpha value is -0.920. The average Bonchev–Trinajstić information content (AvgIpc) is 1.85. The van der Waals surface area contributed by atoms with Crippen molar-refractivity contribution in [1.29, 1.82) is 0 Å². The van der Waals surface area contributed by atoms with E-state index in [-0.39, 0.29) is 17.9 Å². The fraction of sp³-hybridized carbons (Fsp3) is 0.500. The minimum Gasteiger partial charge on any atom is -0.478 e. The van der Waals surface area contributed by atoms with Gasteiger partial charge in [-0.25, -0.2) is 4.79 Å². The summed E-state index contributed by atoms with van der Waals surface area (Å²) in [6.45, 7) is 4.57. The van der Waals surface area contributed by atoms with Crippen molar-refractivity contribution in [3.8, 4) is 0 Å². The second-order valence-corrected chi connectivity index (χ2v) is 3.73. The molecule has 7 heteroatoms. The van der Waals surface area contributed by atoms with Crippen LogP contribution in [-0.4, -0.2) is 36.3 Å². The summed E-state index contributed by atoms with van der Waals surface area (Å²) >= 11 is 0. The molecule has 6 nitrogen and oxygen atoms in total. The number of rotatable bonds is 3. The van der Waals surface area contributed by atoms with Crippen LogP contribution in [0.5, 0.6) is 0 Å². The largest absolute Gasteiger partial charge is 0.478 e. The van der Waals surface area contributed by atoms with E-state index in [9.17, 15) is 13.2 Å². The quantitative estimate of drug-likeness (QED) is 0.427. The van der Waals surface area contributed by atoms with E-state index >= 15 is 0 Å². The summed E-state index contributed by atoms with van der Waals surface area (Å²) in [5, 5.41) is 7.89. The molecule has 0 rings (SSSR count). The van der Waals surface area contributed by atoms with Crippen molar-refractivity contribution < 1.29 is 22.9 Å². The van der Waals surface area contributed by atoms with Crippen LogP contribution in [0.15, 0.2) is 12.2 Å². The van der Waals surface area contributed by atoms with Crippen molar-refractivity contribution in [1.82, 2.24) is 0 Å². The monoisotopic (exact) mass is 211 g/mol. The normalized spacial score (nSPS) is 9.77. The van der Waals surface area contributed by atoms with Gasteiger partial charge in [0, 0.05) is 12.1 Å². The molecular formula is C6H13NO5S. The first-order valence-electron chi connectivity index (χ1n) is 3.24. The van der Waals surface area contributed by atoms with Gasteiger partial charge in [-0.1, -0.05) is 6.58 Å². The first-order chi connectivity index (χ1) is 5.70. The van der Waals surface area contributed by atoms with Crippen molar-refractivity contribution in [2.75, 3.05) is 12.3 Å². The van der Waals surface area contributed by atoms with Crippen LogP contribution < -0.4 is 5.73 Å². The molecule has 0 atom stereocenters. The molecule has 0 unspecified atom stereocenters. The molecule has 0 amide bonds. The van der Waals surface area contributed by atoms with Gasteiger partial charge in [0.25, 0.3) is 10.1 Å². The predicted molar refractivity (Wildman–Crippen MR) is 47.9 cm³/mol. The molecule has 0 aliphatic carbocycles. The van der Waals surface area contributed by atoms with Crippen molar-refractivity contribution in [3.63, 3.8) is 0 Å². The van der Waals surface area contributed by atoms with E-state index in [2.05, 4.69) is 6.58 Å². The number of hydrogen-bond donors (Lipinski definition) is 3. The van der Waals surface area contributed by atoms with Crippen LogP contribution in [0, 0.1) is 0 Å². The van der Waals surface area contributed by atoms with Crippen LogP contribution in [-0.2, 0) is 14.9 Å². The highest BCUT2D eigenvalue weighted by molar-refractivity contribution is 7.85. The average molecular weight is 211 g/mol. The van der Waals surface area contributed by atoms with E-state index < -0.39 is 16.1 Å². The van der Waals surface area contributed by atoms with Crippen molar-refractivity contribution >= 4 is 16.1 Å².